The molecule has 33 heavy (non-hydrogen) atoms. The standard InChI is InChI=1S/C24H20F4N2O3/c1-14(7-16-3-5-18(25)20(27)9-16)12-29-22(31)11-23(32)30(24(29)33)13-15(2)8-17-4-6-19(26)21(28)10-17/h3-6,9-11,31H,1-2,7-8,12-13H2. The number of aromatic hydroxyl groups is 1. The fraction of sp³-hybridized carbons (Fsp3) is 0.167. The number of nitrogens with zero attached hydrogens (tertiary/aromatic N) is 2. The summed E-state index contributed by atoms with van der Waals surface area (Å²) in [6.45, 7) is 7.20. The lowest BCUT2D eigenvalue weighted by molar-refractivity contribution is 0.398. The molecule has 0 fully saturated rings. The molecule has 3 aromatic rings. The van der Waals surface area contributed by atoms with Crippen LogP contribution in [0.4, 0.5) is 17.6 Å². The van der Waals surface area contributed by atoms with Crippen molar-refractivity contribution in [1.82, 2.24) is 9.13 Å². The SMILES string of the molecule is C=C(Cc1ccc(F)c(F)c1)Cn1c(O)cc(=O)n(CC(=C)Cc2ccc(F)c(F)c2)c1=O. The largest absolute Gasteiger partial charge is 0.494 e. The summed E-state index contributed by atoms with van der Waals surface area (Å²) in [7, 11) is 0. The highest BCUT2D eigenvalue weighted by Crippen LogP contribution is 2.15. The minimum atomic E-state index is -1.02. The van der Waals surface area contributed by atoms with Crippen LogP contribution in [0.3, 0.4) is 0 Å². The Morgan fingerprint density at radius 1 is 0.727 bits per heavy atom. The maximum atomic E-state index is 13.4. The molecule has 0 aliphatic heterocycles. The van der Waals surface area contributed by atoms with Gasteiger partial charge < -0.3 is 5.11 Å². The van der Waals surface area contributed by atoms with Crippen molar-refractivity contribution in [3.63, 3.8) is 0 Å². The molecule has 3 rings (SSSR count). The topological polar surface area (TPSA) is 64.2 Å². The van der Waals surface area contributed by atoms with Gasteiger partial charge in [0.25, 0.3) is 5.56 Å². The quantitative estimate of drug-likeness (QED) is 0.410. The number of rotatable bonds is 8. The Balaban J connectivity index is 1.78. The number of halogens is 4. The second-order valence-electron chi connectivity index (χ2n) is 7.65. The molecule has 0 unspecified atom stereocenters. The van der Waals surface area contributed by atoms with Crippen molar-refractivity contribution in [3.05, 3.63) is 122 Å². The molecule has 2 aromatic carbocycles. The van der Waals surface area contributed by atoms with Gasteiger partial charge in [-0.3, -0.25) is 13.9 Å². The number of hydrogen-bond donors (Lipinski definition) is 1. The van der Waals surface area contributed by atoms with Crippen molar-refractivity contribution >= 4 is 0 Å². The first-order valence-electron chi connectivity index (χ1n) is 9.80. The van der Waals surface area contributed by atoms with Crippen LogP contribution in [0, 0.1) is 23.3 Å². The number of aromatic nitrogens is 2. The maximum Gasteiger partial charge on any atom is 0.334 e. The molecular weight excluding hydrogens is 440 g/mol. The number of allylic oxidation sites excluding steroid dienone is 2. The van der Waals surface area contributed by atoms with Crippen LogP contribution >= 0.6 is 0 Å². The van der Waals surface area contributed by atoms with Crippen LogP contribution in [0.25, 0.3) is 0 Å². The monoisotopic (exact) mass is 460 g/mol. The minimum absolute atomic E-state index is 0.0901. The van der Waals surface area contributed by atoms with Crippen LogP contribution in [-0.2, 0) is 25.9 Å². The van der Waals surface area contributed by atoms with E-state index in [9.17, 15) is 32.3 Å². The Labute approximate surface area is 186 Å². The first kappa shape index (κ1) is 23.8. The predicted octanol–water partition coefficient (Wildman–Crippen LogP) is 3.87. The van der Waals surface area contributed by atoms with Gasteiger partial charge in [0.2, 0.25) is 5.88 Å². The zero-order valence-corrected chi connectivity index (χ0v) is 17.5. The van der Waals surface area contributed by atoms with Crippen molar-refractivity contribution in [1.29, 1.82) is 0 Å². The highest BCUT2D eigenvalue weighted by molar-refractivity contribution is 5.24. The molecule has 0 aliphatic rings. The van der Waals surface area contributed by atoms with Crippen LogP contribution in [-0.4, -0.2) is 14.2 Å². The van der Waals surface area contributed by atoms with Gasteiger partial charge in [0.1, 0.15) is 0 Å². The van der Waals surface area contributed by atoms with Gasteiger partial charge >= 0.3 is 5.69 Å². The molecule has 0 bridgehead atoms. The third-order valence-corrected chi connectivity index (χ3v) is 4.90. The average Bonchev–Trinajstić information content (AvgIpc) is 2.74. The van der Waals surface area contributed by atoms with Crippen LogP contribution < -0.4 is 11.2 Å². The number of hydrogen-bond acceptors (Lipinski definition) is 3. The maximum absolute atomic E-state index is 13.4. The minimum Gasteiger partial charge on any atom is -0.494 e. The molecule has 1 N–H and O–H groups in total. The first-order chi connectivity index (χ1) is 15.5. The summed E-state index contributed by atoms with van der Waals surface area (Å²) in [6, 6.07) is 7.54. The summed E-state index contributed by atoms with van der Waals surface area (Å²) in [5, 5.41) is 10.1. The van der Waals surface area contributed by atoms with E-state index in [0.717, 1.165) is 39.5 Å². The Morgan fingerprint density at radius 3 is 1.64 bits per heavy atom. The van der Waals surface area contributed by atoms with Gasteiger partial charge in [-0.25, -0.2) is 22.4 Å². The van der Waals surface area contributed by atoms with E-state index >= 15 is 0 Å². The normalized spacial score (nSPS) is 10.9. The third kappa shape index (κ3) is 5.68. The first-order valence-corrected chi connectivity index (χ1v) is 9.80. The molecule has 0 saturated heterocycles. The van der Waals surface area contributed by atoms with Crippen LogP contribution in [0.2, 0.25) is 0 Å². The fourth-order valence-corrected chi connectivity index (χ4v) is 3.33. The number of benzene rings is 2. The van der Waals surface area contributed by atoms with Crippen molar-refractivity contribution in [2.24, 2.45) is 0 Å². The summed E-state index contributed by atoms with van der Waals surface area (Å²) in [5.41, 5.74) is -0.0165. The Bertz CT molecular complexity index is 1360. The lowest BCUT2D eigenvalue weighted by Gasteiger charge is -2.14. The van der Waals surface area contributed by atoms with Crippen LogP contribution in [0.15, 0.2) is 76.4 Å². The van der Waals surface area contributed by atoms with E-state index in [1.54, 1.807) is 0 Å². The highest BCUT2D eigenvalue weighted by atomic mass is 19.2. The molecule has 0 atom stereocenters. The molecular formula is C24H20F4N2O3. The average molecular weight is 460 g/mol. The summed E-state index contributed by atoms with van der Waals surface area (Å²) < 4.78 is 54.8. The van der Waals surface area contributed by atoms with E-state index in [2.05, 4.69) is 13.2 Å². The van der Waals surface area contributed by atoms with Gasteiger partial charge in [0.15, 0.2) is 23.3 Å². The second-order valence-corrected chi connectivity index (χ2v) is 7.65. The molecule has 1 heterocycles. The van der Waals surface area contributed by atoms with E-state index < -0.39 is 40.4 Å². The van der Waals surface area contributed by atoms with Crippen molar-refractivity contribution in [3.8, 4) is 5.88 Å². The van der Waals surface area contributed by atoms with Crippen molar-refractivity contribution in [2.45, 2.75) is 25.9 Å². The van der Waals surface area contributed by atoms with Crippen LogP contribution in [0.5, 0.6) is 5.88 Å². The highest BCUT2D eigenvalue weighted by Gasteiger charge is 2.14. The van der Waals surface area contributed by atoms with Crippen molar-refractivity contribution in [2.75, 3.05) is 0 Å². The van der Waals surface area contributed by atoms with E-state index in [4.69, 9.17) is 0 Å². The molecule has 0 aliphatic carbocycles. The molecule has 9 heteroatoms. The summed E-state index contributed by atoms with van der Waals surface area (Å²) >= 11 is 0. The van der Waals surface area contributed by atoms with Gasteiger partial charge in [-0.15, -0.1) is 0 Å². The molecule has 0 amide bonds. The van der Waals surface area contributed by atoms with E-state index in [1.165, 1.54) is 12.1 Å². The Hall–Kier alpha value is -3.88. The van der Waals surface area contributed by atoms with Crippen molar-refractivity contribution < 1.29 is 22.7 Å². The fourth-order valence-electron chi connectivity index (χ4n) is 3.33. The van der Waals surface area contributed by atoms with E-state index in [1.807, 2.05) is 0 Å². The zero-order chi connectivity index (χ0) is 24.3. The predicted molar refractivity (Wildman–Crippen MR) is 115 cm³/mol. The smallest absolute Gasteiger partial charge is 0.334 e. The molecule has 0 saturated carbocycles. The van der Waals surface area contributed by atoms with Gasteiger partial charge in [0, 0.05) is 0 Å². The Kier molecular flexibility index (Phi) is 7.01. The Morgan fingerprint density at radius 2 is 1.18 bits per heavy atom. The molecule has 0 radical (unpaired) electrons. The van der Waals surface area contributed by atoms with Gasteiger partial charge in [-0.2, -0.15) is 0 Å². The second kappa shape index (κ2) is 9.72. The molecule has 0 spiro atoms. The summed E-state index contributed by atoms with van der Waals surface area (Å²) in [4.78, 5) is 25.1. The third-order valence-electron chi connectivity index (χ3n) is 4.90. The molecule has 172 valence electrons. The van der Waals surface area contributed by atoms with E-state index in [-0.39, 0.29) is 25.9 Å². The van der Waals surface area contributed by atoms with Gasteiger partial charge in [-0.05, 0) is 48.2 Å². The zero-order valence-electron chi connectivity index (χ0n) is 17.5. The van der Waals surface area contributed by atoms with Gasteiger partial charge in [-0.1, -0.05) is 36.4 Å². The van der Waals surface area contributed by atoms with E-state index in [0.29, 0.717) is 22.3 Å². The lowest BCUT2D eigenvalue weighted by Crippen LogP contribution is -2.40. The summed E-state index contributed by atoms with van der Waals surface area (Å²) in [5.74, 6) is -4.61. The van der Waals surface area contributed by atoms with Gasteiger partial charge in [0.05, 0.1) is 19.2 Å². The van der Waals surface area contributed by atoms with Crippen LogP contribution in [0.1, 0.15) is 11.1 Å². The molecule has 1 aromatic heterocycles. The summed E-state index contributed by atoms with van der Waals surface area (Å²) in [6.07, 6.45) is 0.192. The molecule has 5 nitrogen and oxygen atoms in total. The lowest BCUT2D eigenvalue weighted by atomic mass is 10.1.